The van der Waals surface area contributed by atoms with E-state index in [0.717, 1.165) is 11.6 Å². The molecule has 0 amide bonds. The molecule has 14 heavy (non-hydrogen) atoms. The van der Waals surface area contributed by atoms with Crippen molar-refractivity contribution in [2.45, 2.75) is 45.1 Å². The number of imidazole rings is 1. The van der Waals surface area contributed by atoms with Crippen molar-refractivity contribution in [1.82, 2.24) is 9.55 Å². The number of aryl methyl sites for hydroxylation is 1. The number of hydrogen-bond acceptors (Lipinski definition) is 2. The number of nitrogens with one attached hydrogen (secondary N) is 1. The molecule has 0 spiro atoms. The zero-order chi connectivity index (χ0) is 9.97. The summed E-state index contributed by atoms with van der Waals surface area (Å²) in [6.07, 6.45) is 8.92. The smallest absolute Gasteiger partial charge is 0.203 e. The SMILES string of the molecule is CNc1nc(C)cn1C1CCCCC1. The molecule has 1 aromatic heterocycles. The summed E-state index contributed by atoms with van der Waals surface area (Å²) in [5, 5.41) is 3.17. The van der Waals surface area contributed by atoms with Gasteiger partial charge < -0.3 is 9.88 Å². The summed E-state index contributed by atoms with van der Waals surface area (Å²) in [6.45, 7) is 2.06. The van der Waals surface area contributed by atoms with Gasteiger partial charge in [-0.1, -0.05) is 19.3 Å². The van der Waals surface area contributed by atoms with Crippen molar-refractivity contribution in [3.05, 3.63) is 11.9 Å². The van der Waals surface area contributed by atoms with E-state index in [1.807, 2.05) is 7.05 Å². The lowest BCUT2D eigenvalue weighted by Crippen LogP contribution is -2.14. The van der Waals surface area contributed by atoms with E-state index in [2.05, 4.69) is 28.0 Å². The van der Waals surface area contributed by atoms with E-state index in [4.69, 9.17) is 0 Å². The lowest BCUT2D eigenvalue weighted by atomic mass is 9.95. The van der Waals surface area contributed by atoms with Crippen LogP contribution in [-0.4, -0.2) is 16.6 Å². The van der Waals surface area contributed by atoms with Crippen molar-refractivity contribution in [3.8, 4) is 0 Å². The molecule has 0 bridgehead atoms. The third-order valence-corrected chi connectivity index (χ3v) is 3.04. The normalized spacial score (nSPS) is 18.4. The minimum Gasteiger partial charge on any atom is -0.359 e. The van der Waals surface area contributed by atoms with Gasteiger partial charge in [0.1, 0.15) is 0 Å². The fourth-order valence-electron chi connectivity index (χ4n) is 2.34. The molecule has 78 valence electrons. The summed E-state index contributed by atoms with van der Waals surface area (Å²) in [5.74, 6) is 1.02. The topological polar surface area (TPSA) is 29.9 Å². The average molecular weight is 193 g/mol. The van der Waals surface area contributed by atoms with Gasteiger partial charge in [0.2, 0.25) is 5.95 Å². The number of hydrogen-bond donors (Lipinski definition) is 1. The molecule has 0 unspecified atom stereocenters. The van der Waals surface area contributed by atoms with Gasteiger partial charge in [-0.3, -0.25) is 0 Å². The first-order valence-electron chi connectivity index (χ1n) is 5.54. The van der Waals surface area contributed by atoms with Crippen LogP contribution in [0, 0.1) is 6.92 Å². The Balaban J connectivity index is 2.20. The van der Waals surface area contributed by atoms with E-state index < -0.39 is 0 Å². The Morgan fingerprint density at radius 2 is 2.07 bits per heavy atom. The van der Waals surface area contributed by atoms with Crippen LogP contribution in [0.25, 0.3) is 0 Å². The molecular weight excluding hydrogens is 174 g/mol. The lowest BCUT2D eigenvalue weighted by molar-refractivity contribution is 0.356. The van der Waals surface area contributed by atoms with E-state index in [-0.39, 0.29) is 0 Å². The predicted octanol–water partition coefficient (Wildman–Crippen LogP) is 2.74. The van der Waals surface area contributed by atoms with Crippen molar-refractivity contribution in [2.75, 3.05) is 12.4 Å². The Morgan fingerprint density at radius 1 is 1.36 bits per heavy atom. The van der Waals surface area contributed by atoms with Crippen LogP contribution in [0.4, 0.5) is 5.95 Å². The number of aromatic nitrogens is 2. The molecule has 0 radical (unpaired) electrons. The highest BCUT2D eigenvalue weighted by Crippen LogP contribution is 2.30. The van der Waals surface area contributed by atoms with Crippen molar-refractivity contribution in [3.63, 3.8) is 0 Å². The molecular formula is C11H19N3. The highest BCUT2D eigenvalue weighted by atomic mass is 15.2. The largest absolute Gasteiger partial charge is 0.359 e. The van der Waals surface area contributed by atoms with Crippen LogP contribution in [0.2, 0.25) is 0 Å². The van der Waals surface area contributed by atoms with Crippen molar-refractivity contribution in [1.29, 1.82) is 0 Å². The quantitative estimate of drug-likeness (QED) is 0.782. The van der Waals surface area contributed by atoms with Crippen LogP contribution in [-0.2, 0) is 0 Å². The fraction of sp³-hybridized carbons (Fsp3) is 0.727. The Morgan fingerprint density at radius 3 is 2.71 bits per heavy atom. The van der Waals surface area contributed by atoms with Gasteiger partial charge in [-0.15, -0.1) is 0 Å². The number of anilines is 1. The van der Waals surface area contributed by atoms with Gasteiger partial charge in [0.15, 0.2) is 0 Å². The van der Waals surface area contributed by atoms with E-state index >= 15 is 0 Å². The van der Waals surface area contributed by atoms with Crippen LogP contribution < -0.4 is 5.32 Å². The van der Waals surface area contributed by atoms with E-state index in [0.29, 0.717) is 6.04 Å². The summed E-state index contributed by atoms with van der Waals surface area (Å²) >= 11 is 0. The van der Waals surface area contributed by atoms with E-state index in [1.165, 1.54) is 32.1 Å². The van der Waals surface area contributed by atoms with Gasteiger partial charge in [0.25, 0.3) is 0 Å². The molecule has 3 heteroatoms. The third kappa shape index (κ3) is 1.76. The average Bonchev–Trinajstić information content (AvgIpc) is 2.61. The Kier molecular flexibility index (Phi) is 2.75. The predicted molar refractivity (Wildman–Crippen MR) is 58.6 cm³/mol. The van der Waals surface area contributed by atoms with Gasteiger partial charge >= 0.3 is 0 Å². The molecule has 0 aromatic carbocycles. The van der Waals surface area contributed by atoms with Gasteiger partial charge in [-0.2, -0.15) is 0 Å². The zero-order valence-corrected chi connectivity index (χ0v) is 9.08. The van der Waals surface area contributed by atoms with Crippen molar-refractivity contribution >= 4 is 5.95 Å². The monoisotopic (exact) mass is 193 g/mol. The second-order valence-corrected chi connectivity index (χ2v) is 4.15. The van der Waals surface area contributed by atoms with Crippen LogP contribution >= 0.6 is 0 Å². The summed E-state index contributed by atoms with van der Waals surface area (Å²) < 4.78 is 2.31. The van der Waals surface area contributed by atoms with Crippen LogP contribution in [0.15, 0.2) is 6.20 Å². The van der Waals surface area contributed by atoms with E-state index in [1.54, 1.807) is 0 Å². The molecule has 0 saturated heterocycles. The van der Waals surface area contributed by atoms with Crippen molar-refractivity contribution < 1.29 is 0 Å². The molecule has 1 heterocycles. The molecule has 1 aliphatic carbocycles. The summed E-state index contributed by atoms with van der Waals surface area (Å²) in [6, 6.07) is 0.674. The van der Waals surface area contributed by atoms with Gasteiger partial charge in [0, 0.05) is 19.3 Å². The van der Waals surface area contributed by atoms with Crippen LogP contribution in [0.3, 0.4) is 0 Å². The summed E-state index contributed by atoms with van der Waals surface area (Å²) in [7, 11) is 1.95. The summed E-state index contributed by atoms with van der Waals surface area (Å²) in [5.41, 5.74) is 1.11. The molecule has 2 rings (SSSR count). The first-order valence-corrected chi connectivity index (χ1v) is 5.54. The second kappa shape index (κ2) is 4.03. The molecule has 1 aliphatic rings. The second-order valence-electron chi connectivity index (χ2n) is 4.15. The summed E-state index contributed by atoms with van der Waals surface area (Å²) in [4.78, 5) is 4.46. The van der Waals surface area contributed by atoms with Crippen LogP contribution in [0.1, 0.15) is 43.8 Å². The molecule has 1 saturated carbocycles. The third-order valence-electron chi connectivity index (χ3n) is 3.04. The van der Waals surface area contributed by atoms with Gasteiger partial charge in [-0.05, 0) is 19.8 Å². The number of nitrogens with zero attached hydrogens (tertiary/aromatic N) is 2. The van der Waals surface area contributed by atoms with E-state index in [9.17, 15) is 0 Å². The lowest BCUT2D eigenvalue weighted by Gasteiger charge is -2.24. The Hall–Kier alpha value is -0.990. The molecule has 1 aromatic rings. The van der Waals surface area contributed by atoms with Gasteiger partial charge in [-0.25, -0.2) is 4.98 Å². The van der Waals surface area contributed by atoms with Crippen LogP contribution in [0.5, 0.6) is 0 Å². The minimum absolute atomic E-state index is 0.674. The maximum Gasteiger partial charge on any atom is 0.203 e. The highest BCUT2D eigenvalue weighted by Gasteiger charge is 2.17. The maximum absolute atomic E-state index is 4.46. The highest BCUT2D eigenvalue weighted by molar-refractivity contribution is 5.28. The molecule has 3 nitrogen and oxygen atoms in total. The Labute approximate surface area is 85.5 Å². The number of rotatable bonds is 2. The molecule has 1 N–H and O–H groups in total. The molecule has 1 fully saturated rings. The fourth-order valence-corrected chi connectivity index (χ4v) is 2.34. The first-order chi connectivity index (χ1) is 6.81. The molecule has 0 aliphatic heterocycles. The minimum atomic E-state index is 0.674. The Bertz CT molecular complexity index is 297. The van der Waals surface area contributed by atoms with Gasteiger partial charge in [0.05, 0.1) is 5.69 Å². The zero-order valence-electron chi connectivity index (χ0n) is 9.08. The standard InChI is InChI=1S/C11H19N3/c1-9-8-14(11(12-2)13-9)10-6-4-3-5-7-10/h8,10H,3-7H2,1-2H3,(H,12,13). The van der Waals surface area contributed by atoms with Crippen molar-refractivity contribution in [2.24, 2.45) is 0 Å². The first kappa shape index (κ1) is 9.56. The maximum atomic E-state index is 4.46. The molecule has 0 atom stereocenters.